The van der Waals surface area contributed by atoms with Crippen molar-refractivity contribution in [3.63, 3.8) is 0 Å². The second kappa shape index (κ2) is 10.1. The van der Waals surface area contributed by atoms with E-state index in [1.54, 1.807) is 29.0 Å². The molecule has 6 nitrogen and oxygen atoms in total. The lowest BCUT2D eigenvalue weighted by Crippen LogP contribution is -1.99. The van der Waals surface area contributed by atoms with Crippen LogP contribution in [0, 0.1) is 0 Å². The van der Waals surface area contributed by atoms with Crippen molar-refractivity contribution in [3.8, 4) is 11.5 Å². The van der Waals surface area contributed by atoms with Gasteiger partial charge in [0.25, 0.3) is 0 Å². The van der Waals surface area contributed by atoms with Gasteiger partial charge in [-0.2, -0.15) is 9.78 Å². The summed E-state index contributed by atoms with van der Waals surface area (Å²) >= 11 is 7.48. The Morgan fingerprint density at radius 1 is 1.07 bits per heavy atom. The van der Waals surface area contributed by atoms with E-state index in [4.69, 9.17) is 21.1 Å². The maximum atomic E-state index is 5.93. The number of rotatable bonds is 9. The molecule has 2 aromatic carbocycles. The number of aromatic nitrogens is 3. The molecule has 0 spiro atoms. The number of halogens is 1. The zero-order chi connectivity index (χ0) is 19.8. The zero-order valence-corrected chi connectivity index (χ0v) is 17.3. The summed E-state index contributed by atoms with van der Waals surface area (Å²) in [6, 6.07) is 13.5. The van der Waals surface area contributed by atoms with Crippen LogP contribution < -0.4 is 9.47 Å². The molecule has 0 saturated heterocycles. The predicted octanol–water partition coefficient (Wildman–Crippen LogP) is 4.90. The zero-order valence-electron chi connectivity index (χ0n) is 15.7. The third kappa shape index (κ3) is 5.50. The van der Waals surface area contributed by atoms with Gasteiger partial charge < -0.3 is 9.47 Å². The van der Waals surface area contributed by atoms with Gasteiger partial charge in [0.15, 0.2) is 11.5 Å². The van der Waals surface area contributed by atoms with Crippen LogP contribution in [0.15, 0.2) is 59.0 Å². The molecule has 1 heterocycles. The van der Waals surface area contributed by atoms with Crippen molar-refractivity contribution in [2.75, 3.05) is 13.2 Å². The first-order chi connectivity index (χ1) is 13.7. The molecule has 0 aliphatic rings. The SMILES string of the molecule is CCOc1ccc(/C=N/n2cnnc2SCc2ccc(Cl)cc2)cc1OCC. The van der Waals surface area contributed by atoms with Crippen LogP contribution in [-0.2, 0) is 5.75 Å². The van der Waals surface area contributed by atoms with Crippen molar-refractivity contribution >= 4 is 29.6 Å². The van der Waals surface area contributed by atoms with Crippen LogP contribution in [0.4, 0.5) is 0 Å². The van der Waals surface area contributed by atoms with E-state index < -0.39 is 0 Å². The first-order valence-electron chi connectivity index (χ1n) is 8.91. The summed E-state index contributed by atoms with van der Waals surface area (Å²) in [4.78, 5) is 0. The molecular formula is C20H21ClN4O2S. The summed E-state index contributed by atoms with van der Waals surface area (Å²) < 4.78 is 12.9. The third-order valence-electron chi connectivity index (χ3n) is 3.68. The highest BCUT2D eigenvalue weighted by molar-refractivity contribution is 7.98. The van der Waals surface area contributed by atoms with Crippen LogP contribution in [0.3, 0.4) is 0 Å². The van der Waals surface area contributed by atoms with Crippen molar-refractivity contribution in [2.45, 2.75) is 24.8 Å². The molecule has 0 unspecified atom stereocenters. The average Bonchev–Trinajstić information content (AvgIpc) is 3.15. The van der Waals surface area contributed by atoms with E-state index in [1.165, 1.54) is 0 Å². The molecule has 0 radical (unpaired) electrons. The van der Waals surface area contributed by atoms with Gasteiger partial charge in [-0.25, -0.2) is 0 Å². The highest BCUT2D eigenvalue weighted by Gasteiger charge is 2.07. The lowest BCUT2D eigenvalue weighted by molar-refractivity contribution is 0.288. The molecular weight excluding hydrogens is 396 g/mol. The van der Waals surface area contributed by atoms with Gasteiger partial charge in [0.05, 0.1) is 19.4 Å². The van der Waals surface area contributed by atoms with Gasteiger partial charge in [-0.3, -0.25) is 0 Å². The summed E-state index contributed by atoms with van der Waals surface area (Å²) in [6.45, 7) is 5.04. The Bertz CT molecular complexity index is 928. The Labute approximate surface area is 173 Å². The van der Waals surface area contributed by atoms with Crippen LogP contribution in [-0.4, -0.2) is 34.3 Å². The topological polar surface area (TPSA) is 61.5 Å². The van der Waals surface area contributed by atoms with Crippen LogP contribution in [0.1, 0.15) is 25.0 Å². The molecule has 0 N–H and O–H groups in total. The third-order valence-corrected chi connectivity index (χ3v) is 4.94. The van der Waals surface area contributed by atoms with Gasteiger partial charge in [0, 0.05) is 10.8 Å². The van der Waals surface area contributed by atoms with Gasteiger partial charge in [0.2, 0.25) is 5.16 Å². The van der Waals surface area contributed by atoms with E-state index in [0.29, 0.717) is 24.1 Å². The second-order valence-electron chi connectivity index (χ2n) is 5.69. The Morgan fingerprint density at radius 2 is 1.82 bits per heavy atom. The summed E-state index contributed by atoms with van der Waals surface area (Å²) in [5.74, 6) is 2.18. The van der Waals surface area contributed by atoms with E-state index in [9.17, 15) is 0 Å². The van der Waals surface area contributed by atoms with Crippen molar-refractivity contribution in [1.82, 2.24) is 14.9 Å². The minimum atomic E-state index is 0.567. The summed E-state index contributed by atoms with van der Waals surface area (Å²) in [6.07, 6.45) is 3.33. The van der Waals surface area contributed by atoms with Crippen molar-refractivity contribution in [3.05, 3.63) is 64.9 Å². The molecule has 146 valence electrons. The largest absolute Gasteiger partial charge is 0.490 e. The van der Waals surface area contributed by atoms with E-state index >= 15 is 0 Å². The lowest BCUT2D eigenvalue weighted by Gasteiger charge is -2.11. The fourth-order valence-electron chi connectivity index (χ4n) is 2.40. The molecule has 28 heavy (non-hydrogen) atoms. The normalized spacial score (nSPS) is 11.1. The second-order valence-corrected chi connectivity index (χ2v) is 7.07. The molecule has 0 amide bonds. The molecule has 0 bridgehead atoms. The smallest absolute Gasteiger partial charge is 0.212 e. The molecule has 3 rings (SSSR count). The quantitative estimate of drug-likeness (QED) is 0.366. The van der Waals surface area contributed by atoms with E-state index in [-0.39, 0.29) is 0 Å². The van der Waals surface area contributed by atoms with Crippen molar-refractivity contribution in [2.24, 2.45) is 5.10 Å². The van der Waals surface area contributed by atoms with Crippen LogP contribution in [0.2, 0.25) is 5.02 Å². The molecule has 0 aliphatic heterocycles. The van der Waals surface area contributed by atoms with Gasteiger partial charge in [-0.05, 0) is 55.3 Å². The fraction of sp³-hybridized carbons (Fsp3) is 0.250. The Hall–Kier alpha value is -2.51. The first kappa shape index (κ1) is 20.2. The summed E-state index contributed by atoms with van der Waals surface area (Å²) in [5.41, 5.74) is 2.05. The molecule has 0 aliphatic carbocycles. The molecule has 3 aromatic rings. The molecule has 8 heteroatoms. The van der Waals surface area contributed by atoms with Crippen LogP contribution in [0.5, 0.6) is 11.5 Å². The van der Waals surface area contributed by atoms with Crippen LogP contribution >= 0.6 is 23.4 Å². The first-order valence-corrected chi connectivity index (χ1v) is 10.3. The standard InChI is InChI=1S/C20H21ClN4O2S/c1-3-26-18-10-7-16(11-19(18)27-4-2)12-23-25-14-22-24-20(25)28-13-15-5-8-17(21)9-6-15/h5-12,14H,3-4,13H2,1-2H3/b23-12+. The van der Waals surface area contributed by atoms with Gasteiger partial charge in [0.1, 0.15) is 6.33 Å². The predicted molar refractivity (Wildman–Crippen MR) is 113 cm³/mol. The number of benzene rings is 2. The highest BCUT2D eigenvalue weighted by Crippen LogP contribution is 2.28. The van der Waals surface area contributed by atoms with Crippen molar-refractivity contribution in [1.29, 1.82) is 0 Å². The van der Waals surface area contributed by atoms with Crippen LogP contribution in [0.25, 0.3) is 0 Å². The lowest BCUT2D eigenvalue weighted by atomic mass is 10.2. The maximum absolute atomic E-state index is 5.93. The molecule has 1 aromatic heterocycles. The number of ether oxygens (including phenoxy) is 2. The minimum Gasteiger partial charge on any atom is -0.490 e. The fourth-order valence-corrected chi connectivity index (χ4v) is 3.34. The van der Waals surface area contributed by atoms with Gasteiger partial charge >= 0.3 is 0 Å². The number of nitrogens with zero attached hydrogens (tertiary/aromatic N) is 4. The molecule has 0 saturated carbocycles. The van der Waals surface area contributed by atoms with Crippen molar-refractivity contribution < 1.29 is 9.47 Å². The summed E-state index contributed by atoms with van der Waals surface area (Å²) in [5, 5.41) is 14.0. The highest BCUT2D eigenvalue weighted by atomic mass is 35.5. The minimum absolute atomic E-state index is 0.567. The van der Waals surface area contributed by atoms with E-state index in [1.807, 2.05) is 56.3 Å². The average molecular weight is 417 g/mol. The number of hydrogen-bond acceptors (Lipinski definition) is 6. The Kier molecular flexibility index (Phi) is 7.33. The Balaban J connectivity index is 1.70. The Morgan fingerprint density at radius 3 is 2.57 bits per heavy atom. The van der Waals surface area contributed by atoms with E-state index in [0.717, 1.165) is 27.7 Å². The number of hydrogen-bond donors (Lipinski definition) is 0. The monoisotopic (exact) mass is 416 g/mol. The molecule has 0 fully saturated rings. The molecule has 0 atom stereocenters. The summed E-state index contributed by atoms with van der Waals surface area (Å²) in [7, 11) is 0. The maximum Gasteiger partial charge on any atom is 0.212 e. The van der Waals surface area contributed by atoms with E-state index in [2.05, 4.69) is 15.3 Å². The van der Waals surface area contributed by atoms with Gasteiger partial charge in [-0.1, -0.05) is 35.5 Å². The number of thioether (sulfide) groups is 1. The van der Waals surface area contributed by atoms with Gasteiger partial charge in [-0.15, -0.1) is 10.2 Å².